The summed E-state index contributed by atoms with van der Waals surface area (Å²) in [6.45, 7) is 3.68. The minimum absolute atomic E-state index is 0.0286. The van der Waals surface area contributed by atoms with Gasteiger partial charge in [0.05, 0.1) is 11.3 Å². The molecule has 0 saturated heterocycles. The topological polar surface area (TPSA) is 148 Å². The van der Waals surface area contributed by atoms with Gasteiger partial charge in [-0.3, -0.25) is 19.7 Å². The van der Waals surface area contributed by atoms with Gasteiger partial charge in [-0.15, -0.1) is 6.58 Å². The van der Waals surface area contributed by atoms with Crippen LogP contribution in [0.5, 0.6) is 0 Å². The second-order valence-corrected chi connectivity index (χ2v) is 4.37. The summed E-state index contributed by atoms with van der Waals surface area (Å²) in [5.41, 5.74) is 5.25. The number of benzene rings is 1. The molecule has 0 aliphatic heterocycles. The molecule has 0 aromatic heterocycles. The van der Waals surface area contributed by atoms with Gasteiger partial charge < -0.3 is 21.5 Å². The molecule has 118 valence electrons. The Morgan fingerprint density at radius 3 is 2.73 bits per heavy atom. The molecule has 0 fully saturated rings. The largest absolute Gasteiger partial charge is 0.480 e. The van der Waals surface area contributed by atoms with Gasteiger partial charge in [-0.2, -0.15) is 0 Å². The molecule has 1 amide bonds. The van der Waals surface area contributed by atoms with Gasteiger partial charge in [-0.1, -0.05) is 6.08 Å². The molecule has 0 aliphatic carbocycles. The molecule has 22 heavy (non-hydrogen) atoms. The molecule has 0 bridgehead atoms. The first kappa shape index (κ1) is 17.1. The Kier molecular flexibility index (Phi) is 6.02. The highest BCUT2D eigenvalue weighted by Crippen LogP contribution is 2.25. The normalized spacial score (nSPS) is 11.5. The van der Waals surface area contributed by atoms with Gasteiger partial charge in [0, 0.05) is 18.3 Å². The van der Waals surface area contributed by atoms with E-state index in [0.717, 1.165) is 6.07 Å². The number of hydrogen-bond acceptors (Lipinski definition) is 6. The number of nitrogens with zero attached hydrogens (tertiary/aromatic N) is 1. The van der Waals surface area contributed by atoms with E-state index in [2.05, 4.69) is 17.2 Å². The third-order valence-corrected chi connectivity index (χ3v) is 2.71. The van der Waals surface area contributed by atoms with E-state index in [1.807, 2.05) is 0 Å². The first-order valence-electron chi connectivity index (χ1n) is 6.26. The molecular weight excluding hydrogens is 292 g/mol. The lowest BCUT2D eigenvalue weighted by Crippen LogP contribution is -2.39. The number of nitrogen functional groups attached to an aromatic ring is 1. The number of carboxylic acids is 1. The van der Waals surface area contributed by atoms with Crippen molar-refractivity contribution in [1.82, 2.24) is 5.32 Å². The standard InChI is InChI=1S/C13H16N4O5/c1-2-5-15-10(13(19)20)7-12(18)16-8-3-4-9(14)11(6-8)17(21)22/h2-4,6,10,15H,1,5,7,14H2,(H,16,18)(H,19,20). The fraction of sp³-hybridized carbons (Fsp3) is 0.231. The lowest BCUT2D eigenvalue weighted by molar-refractivity contribution is -0.383. The first-order valence-corrected chi connectivity index (χ1v) is 6.26. The monoisotopic (exact) mass is 308 g/mol. The number of nitrogens with one attached hydrogen (secondary N) is 2. The van der Waals surface area contributed by atoms with Crippen LogP contribution in [0.15, 0.2) is 30.9 Å². The van der Waals surface area contributed by atoms with E-state index in [-0.39, 0.29) is 30.0 Å². The Bertz CT molecular complexity index is 602. The molecule has 0 aliphatic rings. The summed E-state index contributed by atoms with van der Waals surface area (Å²) in [5, 5.41) is 24.8. The SMILES string of the molecule is C=CCNC(CC(=O)Nc1ccc(N)c([N+](=O)[O-])c1)C(=O)O. The lowest BCUT2D eigenvalue weighted by atomic mass is 10.2. The van der Waals surface area contributed by atoms with Crippen molar-refractivity contribution in [3.05, 3.63) is 41.0 Å². The molecule has 5 N–H and O–H groups in total. The van der Waals surface area contributed by atoms with Crippen LogP contribution in [0.2, 0.25) is 0 Å². The van der Waals surface area contributed by atoms with Crippen LogP contribution in [0.1, 0.15) is 6.42 Å². The Balaban J connectivity index is 2.75. The summed E-state index contributed by atoms with van der Waals surface area (Å²) < 4.78 is 0. The fourth-order valence-corrected chi connectivity index (χ4v) is 1.65. The van der Waals surface area contributed by atoms with Crippen molar-refractivity contribution in [3.8, 4) is 0 Å². The molecule has 0 spiro atoms. The maximum absolute atomic E-state index is 11.8. The molecule has 9 nitrogen and oxygen atoms in total. The van der Waals surface area contributed by atoms with Crippen LogP contribution in [-0.4, -0.2) is 34.5 Å². The molecule has 1 unspecified atom stereocenters. The molecule has 1 atom stereocenters. The number of carboxylic acid groups (broad SMARTS) is 1. The van der Waals surface area contributed by atoms with E-state index in [9.17, 15) is 19.7 Å². The number of carbonyl (C=O) groups excluding carboxylic acids is 1. The third-order valence-electron chi connectivity index (χ3n) is 2.71. The van der Waals surface area contributed by atoms with Gasteiger partial charge in [-0.05, 0) is 12.1 Å². The summed E-state index contributed by atoms with van der Waals surface area (Å²) in [6, 6.07) is 2.72. The zero-order valence-electron chi connectivity index (χ0n) is 11.6. The summed E-state index contributed by atoms with van der Waals surface area (Å²) in [6.07, 6.45) is 1.14. The maximum Gasteiger partial charge on any atom is 0.321 e. The van der Waals surface area contributed by atoms with Crippen LogP contribution in [0.3, 0.4) is 0 Å². The van der Waals surface area contributed by atoms with E-state index < -0.39 is 22.8 Å². The van der Waals surface area contributed by atoms with E-state index in [4.69, 9.17) is 10.8 Å². The van der Waals surface area contributed by atoms with Crippen molar-refractivity contribution in [2.24, 2.45) is 0 Å². The van der Waals surface area contributed by atoms with Crippen molar-refractivity contribution in [2.75, 3.05) is 17.6 Å². The summed E-state index contributed by atoms with van der Waals surface area (Å²) >= 11 is 0. The summed E-state index contributed by atoms with van der Waals surface area (Å²) in [7, 11) is 0. The van der Waals surface area contributed by atoms with Gasteiger partial charge in [0.15, 0.2) is 0 Å². The molecule has 9 heteroatoms. The van der Waals surface area contributed by atoms with Crippen LogP contribution >= 0.6 is 0 Å². The zero-order valence-corrected chi connectivity index (χ0v) is 11.6. The van der Waals surface area contributed by atoms with Gasteiger partial charge in [-0.25, -0.2) is 0 Å². The van der Waals surface area contributed by atoms with Crippen molar-refractivity contribution in [3.63, 3.8) is 0 Å². The predicted octanol–water partition coefficient (Wildman–Crippen LogP) is 0.734. The number of aliphatic carboxylic acids is 1. The zero-order chi connectivity index (χ0) is 16.7. The van der Waals surface area contributed by atoms with Gasteiger partial charge in [0.25, 0.3) is 5.69 Å². The number of nitro groups is 1. The van der Waals surface area contributed by atoms with E-state index >= 15 is 0 Å². The van der Waals surface area contributed by atoms with Crippen LogP contribution in [0.4, 0.5) is 17.1 Å². The van der Waals surface area contributed by atoms with E-state index in [1.54, 1.807) is 0 Å². The second kappa shape index (κ2) is 7.74. The highest BCUT2D eigenvalue weighted by Gasteiger charge is 2.21. The number of carbonyl (C=O) groups is 2. The second-order valence-electron chi connectivity index (χ2n) is 4.37. The minimum atomic E-state index is -1.18. The van der Waals surface area contributed by atoms with Gasteiger partial charge in [0.2, 0.25) is 5.91 Å². The van der Waals surface area contributed by atoms with Crippen LogP contribution in [0, 0.1) is 10.1 Å². The molecule has 1 rings (SSSR count). The molecule has 1 aromatic carbocycles. The fourth-order valence-electron chi connectivity index (χ4n) is 1.65. The van der Waals surface area contributed by atoms with Gasteiger partial charge >= 0.3 is 5.97 Å². The number of nitro benzene ring substituents is 1. The maximum atomic E-state index is 11.8. The Morgan fingerprint density at radius 2 is 2.18 bits per heavy atom. The number of hydrogen-bond donors (Lipinski definition) is 4. The molecule has 0 saturated carbocycles. The molecular formula is C13H16N4O5. The van der Waals surface area contributed by atoms with Crippen molar-refractivity contribution in [1.29, 1.82) is 0 Å². The number of nitrogens with two attached hydrogens (primary N) is 1. The number of amides is 1. The average Bonchev–Trinajstić information content (AvgIpc) is 2.44. The molecule has 1 aromatic rings. The molecule has 0 radical (unpaired) electrons. The van der Waals surface area contributed by atoms with Crippen molar-refractivity contribution < 1.29 is 19.6 Å². The van der Waals surface area contributed by atoms with Gasteiger partial charge in [0.1, 0.15) is 11.7 Å². The lowest BCUT2D eigenvalue weighted by Gasteiger charge is -2.13. The highest BCUT2D eigenvalue weighted by atomic mass is 16.6. The summed E-state index contributed by atoms with van der Waals surface area (Å²) in [4.78, 5) is 32.9. The number of anilines is 2. The first-order chi connectivity index (χ1) is 10.3. The quantitative estimate of drug-likeness (QED) is 0.239. The average molecular weight is 308 g/mol. The third kappa shape index (κ3) is 4.87. The van der Waals surface area contributed by atoms with Crippen LogP contribution in [-0.2, 0) is 9.59 Å². The van der Waals surface area contributed by atoms with Crippen LogP contribution in [0.25, 0.3) is 0 Å². The van der Waals surface area contributed by atoms with Crippen LogP contribution < -0.4 is 16.4 Å². The van der Waals surface area contributed by atoms with Crippen molar-refractivity contribution in [2.45, 2.75) is 12.5 Å². The highest BCUT2D eigenvalue weighted by molar-refractivity contribution is 5.94. The Morgan fingerprint density at radius 1 is 1.50 bits per heavy atom. The Hall–Kier alpha value is -2.94. The summed E-state index contributed by atoms with van der Waals surface area (Å²) in [5.74, 6) is -1.77. The smallest absolute Gasteiger partial charge is 0.321 e. The van der Waals surface area contributed by atoms with Crippen molar-refractivity contribution >= 4 is 28.9 Å². The minimum Gasteiger partial charge on any atom is -0.480 e. The molecule has 0 heterocycles. The Labute approximate surface area is 126 Å². The van der Waals surface area contributed by atoms with E-state index in [0.29, 0.717) is 0 Å². The number of rotatable bonds is 8. The predicted molar refractivity (Wildman–Crippen MR) is 80.4 cm³/mol. The van der Waals surface area contributed by atoms with E-state index in [1.165, 1.54) is 18.2 Å².